The Morgan fingerprint density at radius 3 is 2.47 bits per heavy atom. The molecule has 0 aliphatic carbocycles. The number of benzene rings is 2. The molecule has 0 heterocycles. The normalized spacial score (nSPS) is 10.7. The van der Waals surface area contributed by atoms with E-state index in [1.165, 1.54) is 13.2 Å². The van der Waals surface area contributed by atoms with Crippen LogP contribution >= 0.6 is 22.6 Å². The Balaban J connectivity index is 2.19. The Kier molecular flexibility index (Phi) is 9.81. The number of halogens is 1. The van der Waals surface area contributed by atoms with E-state index in [0.29, 0.717) is 27.2 Å². The first-order chi connectivity index (χ1) is 15.4. The molecule has 0 atom stereocenters. The van der Waals surface area contributed by atoms with Crippen molar-refractivity contribution in [1.29, 1.82) is 5.26 Å². The molecule has 0 aliphatic heterocycles. The van der Waals surface area contributed by atoms with Crippen LogP contribution in [0.15, 0.2) is 42.0 Å². The molecule has 2 aromatic rings. The summed E-state index contributed by atoms with van der Waals surface area (Å²) in [6.07, 6.45) is 1.47. The van der Waals surface area contributed by atoms with Crippen molar-refractivity contribution >= 4 is 40.5 Å². The van der Waals surface area contributed by atoms with Gasteiger partial charge < -0.3 is 24.3 Å². The Hall–Kier alpha value is -3.26. The molecule has 0 aliphatic rings. The van der Waals surface area contributed by atoms with Gasteiger partial charge in [0.05, 0.1) is 24.4 Å². The van der Waals surface area contributed by atoms with Crippen LogP contribution in [0.25, 0.3) is 6.08 Å². The SMILES string of the molecule is CCOc1cc(/C=C(/C#N)C(=O)NCc2ccc(OC)cc2)cc(I)c1OCC(=O)OC. The van der Waals surface area contributed by atoms with Gasteiger partial charge in [-0.3, -0.25) is 4.79 Å². The molecule has 0 aromatic heterocycles. The molecule has 168 valence electrons. The number of nitriles is 1. The lowest BCUT2D eigenvalue weighted by atomic mass is 10.1. The number of esters is 1. The number of ether oxygens (including phenoxy) is 4. The van der Waals surface area contributed by atoms with E-state index in [9.17, 15) is 14.9 Å². The highest BCUT2D eigenvalue weighted by Crippen LogP contribution is 2.35. The fourth-order valence-corrected chi connectivity index (χ4v) is 3.38. The van der Waals surface area contributed by atoms with Crippen LogP contribution in [0, 0.1) is 14.9 Å². The van der Waals surface area contributed by atoms with Gasteiger partial charge in [0.1, 0.15) is 17.4 Å². The van der Waals surface area contributed by atoms with Gasteiger partial charge in [-0.25, -0.2) is 4.79 Å². The van der Waals surface area contributed by atoms with Gasteiger partial charge in [0.15, 0.2) is 18.1 Å². The van der Waals surface area contributed by atoms with E-state index in [-0.39, 0.29) is 18.7 Å². The molecule has 8 nitrogen and oxygen atoms in total. The molecule has 1 N–H and O–H groups in total. The largest absolute Gasteiger partial charge is 0.497 e. The first kappa shape index (κ1) is 25.0. The topological polar surface area (TPSA) is 107 Å². The molecular weight excluding hydrogens is 527 g/mol. The standard InChI is InChI=1S/C23H23IN2O6/c1-4-31-20-11-16(10-19(24)22(20)32-14-21(27)30-3)9-17(12-25)23(28)26-13-15-5-7-18(29-2)8-6-15/h5-11H,4,13-14H2,1-3H3,(H,26,28)/b17-9-. The van der Waals surface area contributed by atoms with Crippen molar-refractivity contribution in [2.24, 2.45) is 0 Å². The highest BCUT2D eigenvalue weighted by Gasteiger charge is 2.15. The van der Waals surface area contributed by atoms with Crippen molar-refractivity contribution < 1.29 is 28.5 Å². The molecule has 0 unspecified atom stereocenters. The molecule has 0 radical (unpaired) electrons. The zero-order valence-corrected chi connectivity index (χ0v) is 20.1. The van der Waals surface area contributed by atoms with E-state index < -0.39 is 11.9 Å². The quantitative estimate of drug-likeness (QED) is 0.209. The Labute approximate surface area is 200 Å². The molecule has 0 fully saturated rings. The second-order valence-corrected chi connectivity index (χ2v) is 7.49. The molecule has 2 aromatic carbocycles. The van der Waals surface area contributed by atoms with Crippen molar-refractivity contribution in [1.82, 2.24) is 5.32 Å². The summed E-state index contributed by atoms with van der Waals surface area (Å²) in [7, 11) is 2.85. The van der Waals surface area contributed by atoms with Gasteiger partial charge in [-0.05, 0) is 71.0 Å². The predicted octanol–water partition coefficient (Wildman–Crippen LogP) is 3.47. The molecule has 9 heteroatoms. The number of hydrogen-bond donors (Lipinski definition) is 1. The summed E-state index contributed by atoms with van der Waals surface area (Å²) in [5.41, 5.74) is 1.40. The lowest BCUT2D eigenvalue weighted by Gasteiger charge is -2.14. The van der Waals surface area contributed by atoms with Crippen LogP contribution in [0.5, 0.6) is 17.2 Å². The van der Waals surface area contributed by atoms with Crippen LogP contribution in [0.3, 0.4) is 0 Å². The summed E-state index contributed by atoms with van der Waals surface area (Å²) in [5.74, 6) is 0.481. The van der Waals surface area contributed by atoms with E-state index >= 15 is 0 Å². The van der Waals surface area contributed by atoms with E-state index in [2.05, 4.69) is 10.1 Å². The Morgan fingerprint density at radius 1 is 1.16 bits per heavy atom. The fourth-order valence-electron chi connectivity index (χ4n) is 2.60. The van der Waals surface area contributed by atoms with Crippen LogP contribution in [-0.4, -0.2) is 39.3 Å². The highest BCUT2D eigenvalue weighted by molar-refractivity contribution is 14.1. The zero-order chi connectivity index (χ0) is 23.5. The summed E-state index contributed by atoms with van der Waals surface area (Å²) >= 11 is 2.04. The number of carbonyl (C=O) groups excluding carboxylic acids is 2. The van der Waals surface area contributed by atoms with Gasteiger partial charge in [0.25, 0.3) is 5.91 Å². The van der Waals surface area contributed by atoms with Gasteiger partial charge in [-0.1, -0.05) is 12.1 Å². The van der Waals surface area contributed by atoms with Crippen molar-refractivity contribution in [3.8, 4) is 23.3 Å². The van der Waals surface area contributed by atoms with Crippen LogP contribution in [-0.2, 0) is 20.9 Å². The van der Waals surface area contributed by atoms with Crippen LogP contribution in [0.4, 0.5) is 0 Å². The van der Waals surface area contributed by atoms with Gasteiger partial charge in [0.2, 0.25) is 0 Å². The predicted molar refractivity (Wildman–Crippen MR) is 126 cm³/mol. The third kappa shape index (κ3) is 7.16. The first-order valence-corrected chi connectivity index (χ1v) is 10.7. The van der Waals surface area contributed by atoms with Crippen LogP contribution in [0.1, 0.15) is 18.1 Å². The minimum absolute atomic E-state index is 0.0556. The number of nitrogens with one attached hydrogen (secondary N) is 1. The lowest BCUT2D eigenvalue weighted by Crippen LogP contribution is -2.23. The lowest BCUT2D eigenvalue weighted by molar-refractivity contribution is -0.143. The average molecular weight is 550 g/mol. The minimum atomic E-state index is -0.521. The smallest absolute Gasteiger partial charge is 0.343 e. The van der Waals surface area contributed by atoms with Gasteiger partial charge >= 0.3 is 5.97 Å². The molecule has 0 saturated heterocycles. The second-order valence-electron chi connectivity index (χ2n) is 6.33. The molecule has 32 heavy (non-hydrogen) atoms. The second kappa shape index (κ2) is 12.6. The van der Waals surface area contributed by atoms with Crippen LogP contribution < -0.4 is 19.5 Å². The maximum Gasteiger partial charge on any atom is 0.343 e. The maximum atomic E-state index is 12.5. The third-order valence-electron chi connectivity index (χ3n) is 4.18. The van der Waals surface area contributed by atoms with Crippen LogP contribution in [0.2, 0.25) is 0 Å². The van der Waals surface area contributed by atoms with Crippen molar-refractivity contribution in [3.63, 3.8) is 0 Å². The van der Waals surface area contributed by atoms with Gasteiger partial charge in [-0.15, -0.1) is 0 Å². The first-order valence-electron chi connectivity index (χ1n) is 9.60. The number of hydrogen-bond acceptors (Lipinski definition) is 7. The minimum Gasteiger partial charge on any atom is -0.497 e. The molecule has 0 bridgehead atoms. The monoisotopic (exact) mass is 550 g/mol. The Bertz CT molecular complexity index is 1030. The number of amides is 1. The Morgan fingerprint density at radius 2 is 1.88 bits per heavy atom. The molecule has 0 saturated carbocycles. The molecule has 1 amide bonds. The summed E-state index contributed by atoms with van der Waals surface area (Å²) in [6.45, 7) is 2.18. The molecule has 0 spiro atoms. The highest BCUT2D eigenvalue weighted by atomic mass is 127. The number of rotatable bonds is 10. The van der Waals surface area contributed by atoms with Gasteiger partial charge in [0, 0.05) is 6.54 Å². The van der Waals surface area contributed by atoms with Crippen molar-refractivity contribution in [2.75, 3.05) is 27.4 Å². The molecular formula is C23H23IN2O6. The number of methoxy groups -OCH3 is 2. The third-order valence-corrected chi connectivity index (χ3v) is 4.98. The molecule has 2 rings (SSSR count). The van der Waals surface area contributed by atoms with E-state index in [1.54, 1.807) is 31.4 Å². The van der Waals surface area contributed by atoms with Crippen molar-refractivity contribution in [2.45, 2.75) is 13.5 Å². The fraction of sp³-hybridized carbons (Fsp3) is 0.261. The summed E-state index contributed by atoms with van der Waals surface area (Å²) in [6, 6.07) is 12.6. The number of nitrogens with zero attached hydrogens (tertiary/aromatic N) is 1. The summed E-state index contributed by atoms with van der Waals surface area (Å²) < 4.78 is 21.5. The summed E-state index contributed by atoms with van der Waals surface area (Å²) in [5, 5.41) is 12.2. The maximum absolute atomic E-state index is 12.5. The number of carbonyl (C=O) groups is 2. The summed E-state index contributed by atoms with van der Waals surface area (Å²) in [4.78, 5) is 23.9. The van der Waals surface area contributed by atoms with E-state index in [4.69, 9.17) is 14.2 Å². The van der Waals surface area contributed by atoms with E-state index in [0.717, 1.165) is 11.3 Å². The van der Waals surface area contributed by atoms with E-state index in [1.807, 2.05) is 47.7 Å². The van der Waals surface area contributed by atoms with Crippen molar-refractivity contribution in [3.05, 3.63) is 56.7 Å². The van der Waals surface area contributed by atoms with Gasteiger partial charge in [-0.2, -0.15) is 5.26 Å². The average Bonchev–Trinajstić information content (AvgIpc) is 2.80. The zero-order valence-electron chi connectivity index (χ0n) is 17.9.